The molecule has 1 N–H and O–H groups in total. The Bertz CT molecular complexity index is 443. The summed E-state index contributed by atoms with van der Waals surface area (Å²) in [6.45, 7) is 1.80. The molecule has 0 aliphatic carbocycles. The van der Waals surface area contributed by atoms with Crippen molar-refractivity contribution in [3.8, 4) is 0 Å². The van der Waals surface area contributed by atoms with E-state index in [1.54, 1.807) is 31.2 Å². The van der Waals surface area contributed by atoms with E-state index in [1.807, 2.05) is 0 Å². The highest BCUT2D eigenvalue weighted by atomic mass is 16.6. The smallest absolute Gasteiger partial charge is 0.419 e. The van der Waals surface area contributed by atoms with E-state index in [4.69, 9.17) is 4.74 Å². The van der Waals surface area contributed by atoms with Crippen LogP contribution in [0.15, 0.2) is 24.3 Å². The van der Waals surface area contributed by atoms with Crippen molar-refractivity contribution in [2.45, 2.75) is 13.2 Å². The van der Waals surface area contributed by atoms with E-state index in [0.29, 0.717) is 16.0 Å². The Morgan fingerprint density at radius 1 is 1.50 bits per heavy atom. The predicted octanol–water partition coefficient (Wildman–Crippen LogP) is 1.29. The highest BCUT2D eigenvalue weighted by molar-refractivity contribution is 6.06. The van der Waals surface area contributed by atoms with Gasteiger partial charge in [0.1, 0.15) is 0 Å². The third-order valence-corrected chi connectivity index (χ3v) is 2.40. The lowest BCUT2D eigenvalue weighted by molar-refractivity contribution is 0.0135. The van der Waals surface area contributed by atoms with Gasteiger partial charge in [-0.25, -0.2) is 9.69 Å². The molecule has 0 spiro atoms. The molecule has 0 saturated carbocycles. The van der Waals surface area contributed by atoms with Crippen molar-refractivity contribution >= 4 is 12.0 Å². The molecule has 0 saturated heterocycles. The second-order valence-corrected chi connectivity index (χ2v) is 3.33. The van der Waals surface area contributed by atoms with Gasteiger partial charge in [-0.3, -0.25) is 4.79 Å². The zero-order valence-corrected chi connectivity index (χ0v) is 8.71. The fourth-order valence-corrected chi connectivity index (χ4v) is 1.67. The maximum atomic E-state index is 11.8. The number of hydrogen-bond donors (Lipinski definition) is 1. The molecule has 16 heavy (non-hydrogen) atoms. The Morgan fingerprint density at radius 2 is 2.19 bits per heavy atom. The van der Waals surface area contributed by atoms with E-state index < -0.39 is 18.2 Å². The number of carbonyl (C=O) groups is 2. The van der Waals surface area contributed by atoms with E-state index in [1.165, 1.54) is 0 Å². The summed E-state index contributed by atoms with van der Waals surface area (Å²) < 4.78 is 4.70. The number of benzene rings is 1. The number of aliphatic hydroxyl groups is 1. The van der Waals surface area contributed by atoms with Gasteiger partial charge in [0.2, 0.25) is 0 Å². The van der Waals surface area contributed by atoms with Crippen molar-refractivity contribution in [1.82, 2.24) is 4.90 Å². The molecule has 0 radical (unpaired) electrons. The summed E-state index contributed by atoms with van der Waals surface area (Å²) in [6.07, 6.45) is -2.07. The molecule has 84 valence electrons. The van der Waals surface area contributed by atoms with Gasteiger partial charge in [0.15, 0.2) is 6.23 Å². The number of fused-ring (bicyclic) bond motifs is 1. The van der Waals surface area contributed by atoms with E-state index >= 15 is 0 Å². The number of aliphatic hydroxyl groups excluding tert-OH is 1. The van der Waals surface area contributed by atoms with E-state index in [2.05, 4.69) is 0 Å². The zero-order valence-electron chi connectivity index (χ0n) is 8.71. The lowest BCUT2D eigenvalue weighted by Crippen LogP contribution is -2.34. The van der Waals surface area contributed by atoms with E-state index in [9.17, 15) is 14.7 Å². The van der Waals surface area contributed by atoms with Crippen LogP contribution in [-0.4, -0.2) is 28.6 Å². The Kier molecular flexibility index (Phi) is 2.62. The lowest BCUT2D eigenvalue weighted by Gasteiger charge is -2.17. The van der Waals surface area contributed by atoms with Crippen LogP contribution in [0.1, 0.15) is 29.1 Å². The minimum absolute atomic E-state index is 0.158. The summed E-state index contributed by atoms with van der Waals surface area (Å²) in [5.41, 5.74) is 0.767. The average molecular weight is 221 g/mol. The first-order valence-electron chi connectivity index (χ1n) is 4.94. The summed E-state index contributed by atoms with van der Waals surface area (Å²) in [5, 5.41) is 9.81. The van der Waals surface area contributed by atoms with Gasteiger partial charge in [0, 0.05) is 11.1 Å². The molecule has 2 rings (SSSR count). The molecule has 1 aromatic carbocycles. The first-order chi connectivity index (χ1) is 7.66. The van der Waals surface area contributed by atoms with Crippen molar-refractivity contribution in [2.75, 3.05) is 6.61 Å². The second-order valence-electron chi connectivity index (χ2n) is 3.33. The molecule has 1 atom stereocenters. The molecule has 1 aromatic rings. The molecule has 1 aliphatic rings. The predicted molar refractivity (Wildman–Crippen MR) is 54.6 cm³/mol. The monoisotopic (exact) mass is 221 g/mol. The van der Waals surface area contributed by atoms with Gasteiger partial charge in [0.25, 0.3) is 5.91 Å². The molecule has 0 fully saturated rings. The average Bonchev–Trinajstić information content (AvgIpc) is 2.53. The SMILES string of the molecule is CCOC(=O)N1C(=O)c2ccccc2C1O. The van der Waals surface area contributed by atoms with Gasteiger partial charge in [-0.2, -0.15) is 0 Å². The highest BCUT2D eigenvalue weighted by Crippen LogP contribution is 2.31. The van der Waals surface area contributed by atoms with Gasteiger partial charge in [-0.05, 0) is 13.0 Å². The molecule has 1 aliphatic heterocycles. The highest BCUT2D eigenvalue weighted by Gasteiger charge is 2.40. The Labute approximate surface area is 92.2 Å². The van der Waals surface area contributed by atoms with Crippen LogP contribution in [0.5, 0.6) is 0 Å². The van der Waals surface area contributed by atoms with Crippen LogP contribution in [0.25, 0.3) is 0 Å². The summed E-state index contributed by atoms with van der Waals surface area (Å²) in [5.74, 6) is -0.526. The van der Waals surface area contributed by atoms with Crippen LogP contribution in [0.3, 0.4) is 0 Å². The fraction of sp³-hybridized carbons (Fsp3) is 0.273. The van der Waals surface area contributed by atoms with Crippen molar-refractivity contribution in [2.24, 2.45) is 0 Å². The molecule has 5 heteroatoms. The first kappa shape index (κ1) is 10.6. The Morgan fingerprint density at radius 3 is 2.81 bits per heavy atom. The third-order valence-electron chi connectivity index (χ3n) is 2.40. The van der Waals surface area contributed by atoms with E-state index in [-0.39, 0.29) is 6.61 Å². The summed E-state index contributed by atoms with van der Waals surface area (Å²) in [6, 6.07) is 6.55. The molecular weight excluding hydrogens is 210 g/mol. The zero-order chi connectivity index (χ0) is 11.7. The molecule has 5 nitrogen and oxygen atoms in total. The Balaban J connectivity index is 2.35. The van der Waals surface area contributed by atoms with Gasteiger partial charge >= 0.3 is 6.09 Å². The number of hydrogen-bond acceptors (Lipinski definition) is 4. The second kappa shape index (κ2) is 3.94. The molecule has 1 unspecified atom stereocenters. The number of imide groups is 1. The summed E-state index contributed by atoms with van der Waals surface area (Å²) >= 11 is 0. The lowest BCUT2D eigenvalue weighted by atomic mass is 10.1. The number of ether oxygens (including phenoxy) is 1. The topological polar surface area (TPSA) is 66.8 Å². The normalized spacial score (nSPS) is 18.5. The minimum atomic E-state index is -1.25. The summed E-state index contributed by atoms with van der Waals surface area (Å²) in [4.78, 5) is 24.0. The molecular formula is C11H11NO4. The van der Waals surface area contributed by atoms with Crippen LogP contribution >= 0.6 is 0 Å². The van der Waals surface area contributed by atoms with Crippen LogP contribution in [-0.2, 0) is 4.74 Å². The maximum Gasteiger partial charge on any atom is 0.419 e. The van der Waals surface area contributed by atoms with Gasteiger partial charge in [-0.15, -0.1) is 0 Å². The number of amides is 2. The van der Waals surface area contributed by atoms with Crippen LogP contribution in [0, 0.1) is 0 Å². The molecule has 2 amide bonds. The van der Waals surface area contributed by atoms with E-state index in [0.717, 1.165) is 0 Å². The quantitative estimate of drug-likeness (QED) is 0.775. The summed E-state index contributed by atoms with van der Waals surface area (Å²) in [7, 11) is 0. The minimum Gasteiger partial charge on any atom is -0.449 e. The standard InChI is InChI=1S/C11H11NO4/c1-2-16-11(15)12-9(13)7-5-3-4-6-8(7)10(12)14/h3-6,9,13H,2H2,1H3. The van der Waals surface area contributed by atoms with Gasteiger partial charge in [0.05, 0.1) is 6.61 Å². The molecule has 0 bridgehead atoms. The van der Waals surface area contributed by atoms with Crippen molar-refractivity contribution < 1.29 is 19.4 Å². The first-order valence-corrected chi connectivity index (χ1v) is 4.94. The van der Waals surface area contributed by atoms with Crippen molar-refractivity contribution in [1.29, 1.82) is 0 Å². The third kappa shape index (κ3) is 1.45. The van der Waals surface area contributed by atoms with Crippen LogP contribution in [0.4, 0.5) is 4.79 Å². The van der Waals surface area contributed by atoms with Crippen LogP contribution < -0.4 is 0 Å². The van der Waals surface area contributed by atoms with Crippen molar-refractivity contribution in [3.05, 3.63) is 35.4 Å². The molecule has 1 heterocycles. The maximum absolute atomic E-state index is 11.8. The van der Waals surface area contributed by atoms with Crippen molar-refractivity contribution in [3.63, 3.8) is 0 Å². The van der Waals surface area contributed by atoms with Crippen LogP contribution in [0.2, 0.25) is 0 Å². The molecule has 0 aromatic heterocycles. The van der Waals surface area contributed by atoms with Gasteiger partial charge in [-0.1, -0.05) is 18.2 Å². The number of carbonyl (C=O) groups excluding carboxylic acids is 2. The fourth-order valence-electron chi connectivity index (χ4n) is 1.67. The number of rotatable bonds is 1. The van der Waals surface area contributed by atoms with Gasteiger partial charge < -0.3 is 9.84 Å². The Hall–Kier alpha value is -1.88. The largest absolute Gasteiger partial charge is 0.449 e. The number of nitrogens with zero attached hydrogens (tertiary/aromatic N) is 1.